The number of H-pyrrole nitrogens is 1. The standard InChI is InChI=1S/C17H18FN5O3/c1-26-7-6-23-10-20-22-15(23)4-5-19-17(25)13-9-16(24)21-14-3-2-11(18)8-12(13)14/h2-3,8-10H,4-7H2,1H3,(H,19,25)(H,21,24). The van der Waals surface area contributed by atoms with Gasteiger partial charge in [0, 0.05) is 43.6 Å². The van der Waals surface area contributed by atoms with E-state index in [1.165, 1.54) is 18.2 Å². The van der Waals surface area contributed by atoms with Gasteiger partial charge in [-0.15, -0.1) is 10.2 Å². The van der Waals surface area contributed by atoms with Crippen LogP contribution in [0.25, 0.3) is 10.9 Å². The zero-order chi connectivity index (χ0) is 18.5. The van der Waals surface area contributed by atoms with Crippen LogP contribution in [0.1, 0.15) is 16.2 Å². The molecule has 0 aliphatic carbocycles. The molecule has 26 heavy (non-hydrogen) atoms. The minimum atomic E-state index is -0.482. The summed E-state index contributed by atoms with van der Waals surface area (Å²) in [6, 6.07) is 5.05. The second-order valence-electron chi connectivity index (χ2n) is 5.68. The van der Waals surface area contributed by atoms with Crippen molar-refractivity contribution in [2.24, 2.45) is 0 Å². The van der Waals surface area contributed by atoms with Crippen molar-refractivity contribution < 1.29 is 13.9 Å². The lowest BCUT2D eigenvalue weighted by Crippen LogP contribution is -2.28. The Balaban J connectivity index is 1.71. The number of fused-ring (bicyclic) bond motifs is 1. The number of amides is 1. The van der Waals surface area contributed by atoms with E-state index in [-0.39, 0.29) is 5.56 Å². The van der Waals surface area contributed by atoms with Gasteiger partial charge in [-0.1, -0.05) is 0 Å². The molecule has 9 heteroatoms. The summed E-state index contributed by atoms with van der Waals surface area (Å²) in [4.78, 5) is 26.8. The number of rotatable bonds is 7. The highest BCUT2D eigenvalue weighted by Crippen LogP contribution is 2.16. The number of nitrogens with zero attached hydrogens (tertiary/aromatic N) is 3. The Kier molecular flexibility index (Phi) is 5.37. The van der Waals surface area contributed by atoms with Gasteiger partial charge in [-0.2, -0.15) is 0 Å². The van der Waals surface area contributed by atoms with Gasteiger partial charge in [0.15, 0.2) is 0 Å². The third kappa shape index (κ3) is 3.94. The highest BCUT2D eigenvalue weighted by Gasteiger charge is 2.13. The largest absolute Gasteiger partial charge is 0.383 e. The van der Waals surface area contributed by atoms with E-state index in [0.29, 0.717) is 42.8 Å². The maximum Gasteiger partial charge on any atom is 0.252 e. The van der Waals surface area contributed by atoms with Gasteiger partial charge in [0.1, 0.15) is 18.0 Å². The first-order valence-electron chi connectivity index (χ1n) is 8.05. The van der Waals surface area contributed by atoms with Crippen molar-refractivity contribution in [2.45, 2.75) is 13.0 Å². The van der Waals surface area contributed by atoms with Crippen molar-refractivity contribution >= 4 is 16.8 Å². The average Bonchev–Trinajstić information content (AvgIpc) is 3.06. The van der Waals surface area contributed by atoms with Gasteiger partial charge < -0.3 is 19.6 Å². The van der Waals surface area contributed by atoms with Gasteiger partial charge in [-0.25, -0.2) is 4.39 Å². The highest BCUT2D eigenvalue weighted by molar-refractivity contribution is 6.05. The minimum Gasteiger partial charge on any atom is -0.383 e. The molecule has 3 rings (SSSR count). The van der Waals surface area contributed by atoms with Crippen LogP contribution < -0.4 is 10.9 Å². The van der Waals surface area contributed by atoms with E-state index in [2.05, 4.69) is 20.5 Å². The lowest BCUT2D eigenvalue weighted by Gasteiger charge is -2.09. The first kappa shape index (κ1) is 17.7. The number of benzene rings is 1. The first-order chi connectivity index (χ1) is 12.6. The summed E-state index contributed by atoms with van der Waals surface area (Å²) in [6.07, 6.45) is 2.06. The number of aromatic nitrogens is 4. The van der Waals surface area contributed by atoms with Crippen molar-refractivity contribution in [1.29, 1.82) is 0 Å². The summed E-state index contributed by atoms with van der Waals surface area (Å²) in [5.41, 5.74) is 0.112. The van der Waals surface area contributed by atoms with Crippen LogP contribution in [0.5, 0.6) is 0 Å². The highest BCUT2D eigenvalue weighted by atomic mass is 19.1. The van der Waals surface area contributed by atoms with Crippen molar-refractivity contribution in [2.75, 3.05) is 20.3 Å². The monoisotopic (exact) mass is 359 g/mol. The molecule has 0 radical (unpaired) electrons. The first-order valence-corrected chi connectivity index (χ1v) is 8.05. The molecule has 136 valence electrons. The van der Waals surface area contributed by atoms with Gasteiger partial charge in [0.25, 0.3) is 5.91 Å². The van der Waals surface area contributed by atoms with Crippen molar-refractivity contribution in [3.63, 3.8) is 0 Å². The fourth-order valence-corrected chi connectivity index (χ4v) is 2.65. The van der Waals surface area contributed by atoms with E-state index < -0.39 is 17.3 Å². The molecule has 0 saturated heterocycles. The van der Waals surface area contributed by atoms with Crippen molar-refractivity contribution in [3.05, 3.63) is 58.2 Å². The van der Waals surface area contributed by atoms with E-state index in [0.717, 1.165) is 6.07 Å². The van der Waals surface area contributed by atoms with Crippen LogP contribution in [0, 0.1) is 5.82 Å². The van der Waals surface area contributed by atoms with Crippen LogP contribution in [0.4, 0.5) is 4.39 Å². The fourth-order valence-electron chi connectivity index (χ4n) is 2.65. The molecule has 0 aliphatic heterocycles. The van der Waals surface area contributed by atoms with Crippen LogP contribution in [-0.2, 0) is 17.7 Å². The zero-order valence-electron chi connectivity index (χ0n) is 14.2. The van der Waals surface area contributed by atoms with Crippen molar-refractivity contribution in [1.82, 2.24) is 25.1 Å². The lowest BCUT2D eigenvalue weighted by atomic mass is 10.1. The molecular formula is C17H18FN5O3. The average molecular weight is 359 g/mol. The van der Waals surface area contributed by atoms with Crippen LogP contribution in [0.3, 0.4) is 0 Å². The molecule has 8 nitrogen and oxygen atoms in total. The Morgan fingerprint density at radius 3 is 3.04 bits per heavy atom. The molecule has 3 aromatic rings. The third-order valence-electron chi connectivity index (χ3n) is 3.92. The molecule has 1 aromatic carbocycles. The molecule has 0 spiro atoms. The van der Waals surface area contributed by atoms with Gasteiger partial charge >= 0.3 is 0 Å². The number of aromatic amines is 1. The third-order valence-corrected chi connectivity index (χ3v) is 3.92. The summed E-state index contributed by atoms with van der Waals surface area (Å²) in [5, 5.41) is 11.0. The maximum absolute atomic E-state index is 13.5. The number of nitrogens with one attached hydrogen (secondary N) is 2. The smallest absolute Gasteiger partial charge is 0.252 e. The Labute approximate surface area is 148 Å². The number of ether oxygens (including phenoxy) is 1. The summed E-state index contributed by atoms with van der Waals surface area (Å²) < 4.78 is 20.4. The molecule has 2 heterocycles. The Morgan fingerprint density at radius 2 is 2.23 bits per heavy atom. The molecule has 0 saturated carbocycles. The Morgan fingerprint density at radius 1 is 1.38 bits per heavy atom. The van der Waals surface area contributed by atoms with E-state index in [1.54, 1.807) is 13.4 Å². The number of carbonyl (C=O) groups excluding carboxylic acids is 1. The van der Waals surface area contributed by atoms with Gasteiger partial charge in [0.05, 0.1) is 12.2 Å². The molecule has 2 aromatic heterocycles. The maximum atomic E-state index is 13.5. The van der Waals surface area contributed by atoms with Gasteiger partial charge in [-0.3, -0.25) is 9.59 Å². The summed E-state index contributed by atoms with van der Waals surface area (Å²) in [7, 11) is 1.61. The number of halogens is 1. The normalized spacial score (nSPS) is 11.0. The van der Waals surface area contributed by atoms with Gasteiger partial charge in [0.2, 0.25) is 5.56 Å². The lowest BCUT2D eigenvalue weighted by molar-refractivity contribution is 0.0955. The molecule has 0 atom stereocenters. The zero-order valence-corrected chi connectivity index (χ0v) is 14.2. The van der Waals surface area contributed by atoms with E-state index in [9.17, 15) is 14.0 Å². The number of hydrogen-bond donors (Lipinski definition) is 2. The molecule has 0 aliphatic rings. The summed E-state index contributed by atoms with van der Waals surface area (Å²) >= 11 is 0. The van der Waals surface area contributed by atoms with Crippen LogP contribution in [0.2, 0.25) is 0 Å². The summed E-state index contributed by atoms with van der Waals surface area (Å²) in [5.74, 6) is -0.219. The van der Waals surface area contributed by atoms with E-state index in [1.807, 2.05) is 4.57 Å². The Bertz CT molecular complexity index is 982. The molecular weight excluding hydrogens is 341 g/mol. The predicted molar refractivity (Wildman–Crippen MR) is 92.5 cm³/mol. The fraction of sp³-hybridized carbons (Fsp3) is 0.294. The van der Waals surface area contributed by atoms with E-state index in [4.69, 9.17) is 4.74 Å². The second-order valence-corrected chi connectivity index (χ2v) is 5.68. The molecule has 0 fully saturated rings. The SMILES string of the molecule is COCCn1cnnc1CCNC(=O)c1cc(=O)[nH]c2ccc(F)cc12. The Hall–Kier alpha value is -3.07. The molecule has 0 unspecified atom stereocenters. The van der Waals surface area contributed by atoms with Crippen LogP contribution >= 0.6 is 0 Å². The van der Waals surface area contributed by atoms with Crippen LogP contribution in [-0.4, -0.2) is 45.9 Å². The summed E-state index contributed by atoms with van der Waals surface area (Å²) in [6.45, 7) is 1.45. The van der Waals surface area contributed by atoms with Crippen molar-refractivity contribution in [3.8, 4) is 0 Å². The minimum absolute atomic E-state index is 0.129. The van der Waals surface area contributed by atoms with E-state index >= 15 is 0 Å². The molecule has 2 N–H and O–H groups in total. The number of carbonyl (C=O) groups is 1. The van der Waals surface area contributed by atoms with Crippen LogP contribution in [0.15, 0.2) is 35.4 Å². The quantitative estimate of drug-likeness (QED) is 0.652. The number of hydrogen-bond acceptors (Lipinski definition) is 5. The molecule has 0 bridgehead atoms. The number of methoxy groups -OCH3 is 1. The number of pyridine rings is 1. The second kappa shape index (κ2) is 7.87. The topological polar surface area (TPSA) is 102 Å². The molecule has 1 amide bonds. The van der Waals surface area contributed by atoms with Gasteiger partial charge in [-0.05, 0) is 18.2 Å². The predicted octanol–water partition coefficient (Wildman–Crippen LogP) is 0.878.